The van der Waals surface area contributed by atoms with Crippen LogP contribution < -0.4 is 14.8 Å². The molecule has 0 saturated carbocycles. The van der Waals surface area contributed by atoms with Gasteiger partial charge in [-0.2, -0.15) is 0 Å². The van der Waals surface area contributed by atoms with E-state index in [4.69, 9.17) is 21.3 Å². The summed E-state index contributed by atoms with van der Waals surface area (Å²) in [5.74, 6) is -0.288. The molecule has 226 valence electrons. The molecule has 1 unspecified atom stereocenters. The molecule has 1 aliphatic rings. The third-order valence-corrected chi connectivity index (χ3v) is 8.98. The van der Waals surface area contributed by atoms with Crippen molar-refractivity contribution in [3.8, 4) is 5.75 Å². The number of hydrogen-bond donors (Lipinski definition) is 4. The number of nitrogen functional groups attached to an aromatic ring is 1. The van der Waals surface area contributed by atoms with Crippen molar-refractivity contribution in [2.75, 3.05) is 23.9 Å². The standard InChI is InChI=1S/C28H37N5O5S.2ClH/c1-4-26(28(34)35)39(36,37)33(14-6-8-21-7-5-9-22(18-21)27(30)31)23-10-11-25(19(2)17-23)38-24-12-15-32(16-13-24)20(3)29;;/h5-11,17-18,24,26,29H,4,12-16H2,1-3H3,(H3,30,31)(H,34,35);2*1H/b8-6+,29-20?;;. The molecular formula is C28H39Cl2N5O5S. The monoisotopic (exact) mass is 627 g/mol. The number of nitrogens with zero attached hydrogens (tertiary/aromatic N) is 2. The predicted molar refractivity (Wildman–Crippen MR) is 169 cm³/mol. The number of carbonyl (C=O) groups is 1. The van der Waals surface area contributed by atoms with Crippen molar-refractivity contribution >= 4 is 64.2 Å². The molecule has 1 heterocycles. The van der Waals surface area contributed by atoms with E-state index < -0.39 is 21.2 Å². The van der Waals surface area contributed by atoms with Crippen LogP contribution >= 0.6 is 24.8 Å². The number of anilines is 1. The second-order valence-electron chi connectivity index (χ2n) is 9.59. The Balaban J connectivity index is 0.00000420. The Morgan fingerprint density at radius 2 is 1.85 bits per heavy atom. The number of halogens is 2. The number of likely N-dealkylation sites (tertiary alicyclic amines) is 1. The van der Waals surface area contributed by atoms with Crippen LogP contribution in [-0.4, -0.2) is 67.1 Å². The van der Waals surface area contributed by atoms with Crippen LogP contribution in [0.25, 0.3) is 6.08 Å². The lowest BCUT2D eigenvalue weighted by molar-refractivity contribution is -0.136. The molecule has 1 saturated heterocycles. The van der Waals surface area contributed by atoms with Gasteiger partial charge in [0.25, 0.3) is 0 Å². The van der Waals surface area contributed by atoms with E-state index in [1.807, 2.05) is 11.8 Å². The average Bonchev–Trinajstić information content (AvgIpc) is 2.88. The van der Waals surface area contributed by atoms with E-state index in [9.17, 15) is 18.3 Å². The minimum atomic E-state index is -4.25. The van der Waals surface area contributed by atoms with Gasteiger partial charge in [-0.3, -0.25) is 19.9 Å². The third kappa shape index (κ3) is 9.11. The van der Waals surface area contributed by atoms with Gasteiger partial charge in [-0.15, -0.1) is 24.8 Å². The molecule has 0 aliphatic carbocycles. The van der Waals surface area contributed by atoms with E-state index >= 15 is 0 Å². The van der Waals surface area contributed by atoms with Crippen molar-refractivity contribution in [1.29, 1.82) is 10.8 Å². The van der Waals surface area contributed by atoms with Crippen LogP contribution in [-0.2, 0) is 14.8 Å². The number of hydrogen-bond acceptors (Lipinski definition) is 6. The maximum Gasteiger partial charge on any atom is 0.323 e. The highest BCUT2D eigenvalue weighted by atomic mass is 35.5. The Morgan fingerprint density at radius 3 is 2.39 bits per heavy atom. The third-order valence-electron chi connectivity index (χ3n) is 6.75. The molecule has 0 spiro atoms. The highest BCUT2D eigenvalue weighted by Gasteiger charge is 2.36. The molecule has 1 aliphatic heterocycles. The maximum absolute atomic E-state index is 13.5. The van der Waals surface area contributed by atoms with Gasteiger partial charge in [0.05, 0.1) is 18.1 Å². The van der Waals surface area contributed by atoms with E-state index in [2.05, 4.69) is 0 Å². The van der Waals surface area contributed by atoms with Crippen LogP contribution in [0.1, 0.15) is 49.8 Å². The number of aliphatic carboxylic acids is 1. The van der Waals surface area contributed by atoms with Gasteiger partial charge in [-0.05, 0) is 55.7 Å². The van der Waals surface area contributed by atoms with Gasteiger partial charge in [0.2, 0.25) is 10.0 Å². The molecule has 13 heteroatoms. The van der Waals surface area contributed by atoms with Gasteiger partial charge >= 0.3 is 5.97 Å². The fraction of sp³-hybridized carbons (Fsp3) is 0.393. The molecule has 0 aromatic heterocycles. The number of aryl methyl sites for hydroxylation is 1. The Morgan fingerprint density at radius 1 is 1.20 bits per heavy atom. The summed E-state index contributed by atoms with van der Waals surface area (Å²) in [4.78, 5) is 13.8. The first-order valence-corrected chi connectivity index (χ1v) is 14.4. The summed E-state index contributed by atoms with van der Waals surface area (Å²) >= 11 is 0. The number of rotatable bonds is 11. The van der Waals surface area contributed by atoms with Crippen LogP contribution in [0.5, 0.6) is 5.75 Å². The number of ether oxygens (including phenoxy) is 1. The normalized spacial score (nSPS) is 14.5. The first kappa shape index (κ1) is 35.7. The molecule has 0 bridgehead atoms. The number of carboxylic acids is 1. The van der Waals surface area contributed by atoms with E-state index in [1.165, 1.54) is 6.92 Å². The summed E-state index contributed by atoms with van der Waals surface area (Å²) in [5, 5.41) is 23.4. The van der Waals surface area contributed by atoms with E-state index in [1.54, 1.807) is 61.5 Å². The van der Waals surface area contributed by atoms with E-state index in [-0.39, 0.29) is 49.7 Å². The topological polar surface area (TPSA) is 161 Å². The molecule has 0 amide bonds. The lowest BCUT2D eigenvalue weighted by Crippen LogP contribution is -2.42. The Bertz CT molecular complexity index is 1360. The first-order valence-electron chi connectivity index (χ1n) is 12.9. The largest absolute Gasteiger partial charge is 0.490 e. The maximum atomic E-state index is 13.5. The van der Waals surface area contributed by atoms with Crippen molar-refractivity contribution < 1.29 is 23.1 Å². The van der Waals surface area contributed by atoms with Gasteiger partial charge in [-0.25, -0.2) is 8.42 Å². The predicted octanol–water partition coefficient (Wildman–Crippen LogP) is 4.68. The summed E-state index contributed by atoms with van der Waals surface area (Å²) < 4.78 is 34.3. The van der Waals surface area contributed by atoms with E-state index in [0.29, 0.717) is 22.8 Å². The van der Waals surface area contributed by atoms with E-state index in [0.717, 1.165) is 41.4 Å². The summed E-state index contributed by atoms with van der Waals surface area (Å²) in [7, 11) is -4.25. The highest BCUT2D eigenvalue weighted by Crippen LogP contribution is 2.30. The van der Waals surface area contributed by atoms with Crippen LogP contribution in [0.15, 0.2) is 48.5 Å². The molecule has 1 fully saturated rings. The van der Waals surface area contributed by atoms with Crippen LogP contribution in [0, 0.1) is 17.7 Å². The molecule has 10 nitrogen and oxygen atoms in total. The number of piperidine rings is 1. The van der Waals surface area contributed by atoms with Crippen molar-refractivity contribution in [1.82, 2.24) is 4.90 Å². The zero-order chi connectivity index (χ0) is 28.7. The summed E-state index contributed by atoms with van der Waals surface area (Å²) in [6.45, 7) is 6.55. The minimum Gasteiger partial charge on any atom is -0.490 e. The molecule has 2 aromatic rings. The van der Waals surface area contributed by atoms with Crippen LogP contribution in [0.2, 0.25) is 0 Å². The molecule has 0 radical (unpaired) electrons. The lowest BCUT2D eigenvalue weighted by atomic mass is 10.1. The number of sulfonamides is 1. The summed E-state index contributed by atoms with van der Waals surface area (Å²) in [6.07, 6.45) is 4.84. The minimum absolute atomic E-state index is 0. The zero-order valence-corrected chi connectivity index (χ0v) is 25.8. The highest BCUT2D eigenvalue weighted by molar-refractivity contribution is 7.94. The van der Waals surface area contributed by atoms with Crippen molar-refractivity contribution in [3.05, 3.63) is 65.2 Å². The summed E-state index contributed by atoms with van der Waals surface area (Å²) in [5.41, 5.74) is 7.92. The van der Waals surface area contributed by atoms with Crippen LogP contribution in [0.4, 0.5) is 5.69 Å². The molecular weight excluding hydrogens is 589 g/mol. The average molecular weight is 629 g/mol. The molecule has 1 atom stereocenters. The summed E-state index contributed by atoms with van der Waals surface area (Å²) in [6, 6.07) is 12.0. The SMILES string of the molecule is CCC(C(=O)O)S(=O)(=O)N(C/C=C/c1cccc(C(=N)N)c1)c1ccc(OC2CCN(C(C)=N)CC2)c(C)c1.Cl.Cl. The van der Waals surface area contributed by atoms with Crippen LogP contribution in [0.3, 0.4) is 0 Å². The number of nitrogens with two attached hydrogens (primary N) is 1. The zero-order valence-electron chi connectivity index (χ0n) is 23.4. The Kier molecular flexibility index (Phi) is 13.6. The lowest BCUT2D eigenvalue weighted by Gasteiger charge is -2.33. The van der Waals surface area contributed by atoms with Crippen molar-refractivity contribution in [3.63, 3.8) is 0 Å². The number of nitrogens with one attached hydrogen (secondary N) is 2. The number of amidine groups is 2. The molecule has 41 heavy (non-hydrogen) atoms. The second kappa shape index (κ2) is 15.6. The second-order valence-corrected chi connectivity index (χ2v) is 11.6. The van der Waals surface area contributed by atoms with Crippen molar-refractivity contribution in [2.24, 2.45) is 5.73 Å². The van der Waals surface area contributed by atoms with Gasteiger partial charge in [0.15, 0.2) is 5.25 Å². The van der Waals surface area contributed by atoms with Crippen molar-refractivity contribution in [2.45, 2.75) is 51.4 Å². The van der Waals surface area contributed by atoms with Gasteiger partial charge < -0.3 is 20.5 Å². The van der Waals surface area contributed by atoms with Gasteiger partial charge in [0, 0.05) is 31.5 Å². The quantitative estimate of drug-likeness (QED) is 0.208. The first-order chi connectivity index (χ1) is 18.4. The van der Waals surface area contributed by atoms with Gasteiger partial charge in [-0.1, -0.05) is 37.3 Å². The van der Waals surface area contributed by atoms with Gasteiger partial charge in [0.1, 0.15) is 17.7 Å². The molecule has 5 N–H and O–H groups in total. The fourth-order valence-corrected chi connectivity index (χ4v) is 6.21. The smallest absolute Gasteiger partial charge is 0.323 e. The fourth-order valence-electron chi connectivity index (χ4n) is 4.53. The number of benzene rings is 2. The molecule has 2 aromatic carbocycles. The molecule has 3 rings (SSSR count). The Hall–Kier alpha value is -3.28. The Labute approximate surface area is 254 Å². The number of carboxylic acid groups (broad SMARTS) is 1.